The molecule has 0 aromatic heterocycles. The van der Waals surface area contributed by atoms with Crippen LogP contribution >= 0.6 is 0 Å². The molecular formula is C23H24Cl2OZr. The molecule has 2 aliphatic rings. The number of hydrogen-bond acceptors (Lipinski definition) is 1. The van der Waals surface area contributed by atoms with E-state index in [1.807, 2.05) is 0 Å². The van der Waals surface area contributed by atoms with E-state index in [9.17, 15) is 0 Å². The van der Waals surface area contributed by atoms with Gasteiger partial charge in [0.05, 0.1) is 0 Å². The number of hydrogen-bond donors (Lipinski definition) is 0. The third-order valence-electron chi connectivity index (χ3n) is 5.49. The summed E-state index contributed by atoms with van der Waals surface area (Å²) >= 11 is -0.747. The molecule has 1 unspecified atom stereocenters. The molecule has 0 N–H and O–H groups in total. The van der Waals surface area contributed by atoms with Crippen LogP contribution in [0.15, 0.2) is 63.0 Å². The first-order valence-corrected chi connectivity index (χ1v) is 11.9. The summed E-state index contributed by atoms with van der Waals surface area (Å²) in [5.41, 5.74) is 9.05. The van der Waals surface area contributed by atoms with Crippen molar-refractivity contribution in [2.45, 2.75) is 36.7 Å². The van der Waals surface area contributed by atoms with Gasteiger partial charge in [0.2, 0.25) is 0 Å². The van der Waals surface area contributed by atoms with Crippen molar-refractivity contribution >= 4 is 0 Å². The average Bonchev–Trinajstić information content (AvgIpc) is 3.21. The minimum Gasteiger partial charge on any atom is -1.00 e. The molecule has 1 atom stereocenters. The Balaban J connectivity index is 0.00000131. The largest absolute Gasteiger partial charge is 1.00 e. The second kappa shape index (κ2) is 9.59. The Morgan fingerprint density at radius 2 is 1.70 bits per heavy atom. The van der Waals surface area contributed by atoms with Crippen LogP contribution in [-0.4, -0.2) is 7.11 Å². The number of fused-ring (bicyclic) bond motifs is 3. The van der Waals surface area contributed by atoms with Crippen molar-refractivity contribution in [3.05, 3.63) is 74.1 Å². The Kier molecular flexibility index (Phi) is 7.98. The fourth-order valence-corrected chi connectivity index (χ4v) is 8.96. The molecule has 0 amide bonds. The Labute approximate surface area is 186 Å². The quantitative estimate of drug-likeness (QED) is 0.599. The van der Waals surface area contributed by atoms with Gasteiger partial charge in [-0.25, -0.2) is 0 Å². The van der Waals surface area contributed by atoms with Crippen molar-refractivity contribution in [2.24, 2.45) is 0 Å². The molecule has 2 aromatic carbocycles. The van der Waals surface area contributed by atoms with Crippen LogP contribution in [0.4, 0.5) is 0 Å². The van der Waals surface area contributed by atoms with E-state index in [4.69, 9.17) is 4.74 Å². The minimum atomic E-state index is -0.747. The van der Waals surface area contributed by atoms with Gasteiger partial charge in [-0.05, 0) is 0 Å². The van der Waals surface area contributed by atoms with Gasteiger partial charge in [-0.3, -0.25) is 0 Å². The molecule has 1 nitrogen and oxygen atoms in total. The first-order valence-electron chi connectivity index (χ1n) is 9.22. The molecule has 0 fully saturated rings. The Hall–Kier alpha value is -0.817. The Bertz CT molecular complexity index is 886. The number of halogens is 2. The van der Waals surface area contributed by atoms with Crippen LogP contribution in [0.3, 0.4) is 0 Å². The Morgan fingerprint density at radius 1 is 0.963 bits per heavy atom. The van der Waals surface area contributed by atoms with Gasteiger partial charge in [0.25, 0.3) is 0 Å². The van der Waals surface area contributed by atoms with Crippen molar-refractivity contribution < 1.29 is 52.8 Å². The van der Waals surface area contributed by atoms with Crippen LogP contribution in [0.2, 0.25) is 0 Å². The van der Waals surface area contributed by atoms with Crippen LogP contribution in [0, 0.1) is 0 Å². The number of allylic oxidation sites excluding steroid dienone is 4. The van der Waals surface area contributed by atoms with Crippen LogP contribution in [-0.2, 0) is 23.2 Å². The summed E-state index contributed by atoms with van der Waals surface area (Å²) in [7, 11) is 1.79. The zero-order valence-corrected chi connectivity index (χ0v) is 20.0. The number of rotatable bonds is 5. The molecule has 0 aliphatic heterocycles. The Morgan fingerprint density at radius 3 is 2.41 bits per heavy atom. The second-order valence-electron chi connectivity index (χ2n) is 6.69. The molecule has 2 aromatic rings. The van der Waals surface area contributed by atoms with E-state index >= 15 is 0 Å². The predicted molar refractivity (Wildman–Crippen MR) is 101 cm³/mol. The molecular weight excluding hydrogens is 454 g/mol. The van der Waals surface area contributed by atoms with E-state index in [1.54, 1.807) is 21.5 Å². The van der Waals surface area contributed by atoms with Crippen LogP contribution < -0.4 is 29.6 Å². The molecule has 0 spiro atoms. The summed E-state index contributed by atoms with van der Waals surface area (Å²) in [6, 6.07) is 15.6. The van der Waals surface area contributed by atoms with Gasteiger partial charge >= 0.3 is 163 Å². The normalized spacial score (nSPS) is 16.6. The number of benzene rings is 2. The number of ether oxygens (including phenoxy) is 1. The molecule has 140 valence electrons. The van der Waals surface area contributed by atoms with Crippen LogP contribution in [0.1, 0.15) is 47.9 Å². The molecule has 0 radical (unpaired) electrons. The third kappa shape index (κ3) is 3.86. The summed E-state index contributed by atoms with van der Waals surface area (Å²) in [6.45, 7) is 4.61. The van der Waals surface area contributed by atoms with Gasteiger partial charge in [0.15, 0.2) is 0 Å². The molecule has 4 rings (SSSR count). The van der Waals surface area contributed by atoms with E-state index in [0.717, 1.165) is 5.75 Å². The summed E-state index contributed by atoms with van der Waals surface area (Å²) in [5.74, 6) is 1.02. The molecule has 0 saturated carbocycles. The fourth-order valence-electron chi connectivity index (χ4n) is 4.33. The first-order chi connectivity index (χ1) is 12.3. The van der Waals surface area contributed by atoms with Crippen molar-refractivity contribution in [3.63, 3.8) is 0 Å². The van der Waals surface area contributed by atoms with Crippen molar-refractivity contribution in [1.82, 2.24) is 0 Å². The van der Waals surface area contributed by atoms with Gasteiger partial charge in [0.1, 0.15) is 0 Å². The van der Waals surface area contributed by atoms with E-state index in [-0.39, 0.29) is 24.8 Å². The van der Waals surface area contributed by atoms with Crippen molar-refractivity contribution in [3.8, 4) is 16.9 Å². The van der Waals surface area contributed by atoms with E-state index in [1.165, 1.54) is 41.5 Å². The maximum absolute atomic E-state index is 5.71. The maximum atomic E-state index is 5.71. The minimum absolute atomic E-state index is 0. The van der Waals surface area contributed by atoms with Crippen molar-refractivity contribution in [2.75, 3.05) is 7.11 Å². The number of methoxy groups -OCH3 is 1. The second-order valence-corrected chi connectivity index (χ2v) is 10.3. The molecule has 4 heteroatoms. The van der Waals surface area contributed by atoms with Crippen molar-refractivity contribution in [1.29, 1.82) is 0 Å². The molecule has 0 heterocycles. The summed E-state index contributed by atoms with van der Waals surface area (Å²) in [4.78, 5) is 0. The van der Waals surface area contributed by atoms with Gasteiger partial charge < -0.3 is 24.8 Å². The molecule has 2 aliphatic carbocycles. The average molecular weight is 479 g/mol. The molecule has 0 saturated heterocycles. The third-order valence-corrected chi connectivity index (χ3v) is 9.83. The van der Waals surface area contributed by atoms with E-state index < -0.39 is 23.2 Å². The zero-order chi connectivity index (χ0) is 17.4. The summed E-state index contributed by atoms with van der Waals surface area (Å²) in [6.07, 6.45) is 6.06. The van der Waals surface area contributed by atoms with Crippen LogP contribution in [0.5, 0.6) is 5.75 Å². The summed E-state index contributed by atoms with van der Waals surface area (Å²) in [5, 5.41) is 0. The monoisotopic (exact) mass is 476 g/mol. The summed E-state index contributed by atoms with van der Waals surface area (Å²) < 4.78 is 8.13. The SMILES string of the molecule is CCC1=CC[C]([Zr+2][CH]2c3ccccc3-c3c(OC)cccc32)=C1CC.[Cl-].[Cl-]. The van der Waals surface area contributed by atoms with Gasteiger partial charge in [-0.15, -0.1) is 0 Å². The van der Waals surface area contributed by atoms with Gasteiger partial charge in [-0.2, -0.15) is 0 Å². The topological polar surface area (TPSA) is 9.23 Å². The van der Waals surface area contributed by atoms with Gasteiger partial charge in [-0.1, -0.05) is 0 Å². The van der Waals surface area contributed by atoms with E-state index in [2.05, 4.69) is 62.4 Å². The fraction of sp³-hybridized carbons (Fsp3) is 0.304. The van der Waals surface area contributed by atoms with Crippen LogP contribution in [0.25, 0.3) is 11.1 Å². The first kappa shape index (κ1) is 22.5. The van der Waals surface area contributed by atoms with Gasteiger partial charge in [0, 0.05) is 0 Å². The maximum Gasteiger partial charge on any atom is -1.00 e. The molecule has 27 heavy (non-hydrogen) atoms. The van der Waals surface area contributed by atoms with E-state index in [0.29, 0.717) is 3.63 Å². The predicted octanol–water partition coefficient (Wildman–Crippen LogP) is 0.260. The zero-order valence-electron chi connectivity index (χ0n) is 16.0. The standard InChI is InChI=1S/C14H11O.C9H13.2ClH.Zr/c1-15-13-8-4-6-11-9-10-5-2-3-7-12(10)14(11)13;1-3-8-6-5-7-9(8)4-2;;;/h2-9H,1H3;6H,3-5H2,1-2H3;2*1H;/q;;;;+2/p-2. The molecule has 0 bridgehead atoms. The smallest absolute Gasteiger partial charge is 1.00 e.